The van der Waals surface area contributed by atoms with Crippen molar-refractivity contribution < 1.29 is 39.8 Å². The average Bonchev–Trinajstić information content (AvgIpc) is 3.43. The Labute approximate surface area is 477 Å². The Morgan fingerprint density at radius 2 is 0.714 bits per heavy atom. The molecule has 9 nitrogen and oxygen atoms in total. The summed E-state index contributed by atoms with van der Waals surface area (Å²) in [5.74, 6) is -0.167. The molecular formula is C68H133NO8. The van der Waals surface area contributed by atoms with Crippen LogP contribution in [0.2, 0.25) is 0 Å². The van der Waals surface area contributed by atoms with Crippen LogP contribution >= 0.6 is 0 Å². The van der Waals surface area contributed by atoms with Crippen molar-refractivity contribution in [2.24, 2.45) is 0 Å². The van der Waals surface area contributed by atoms with E-state index in [0.29, 0.717) is 6.42 Å². The van der Waals surface area contributed by atoms with Crippen LogP contribution in [0.1, 0.15) is 361 Å². The van der Waals surface area contributed by atoms with Crippen LogP contribution in [-0.2, 0) is 14.3 Å². The lowest BCUT2D eigenvalue weighted by atomic mass is 9.99. The first-order valence-electron chi connectivity index (χ1n) is 34.4. The van der Waals surface area contributed by atoms with Crippen molar-refractivity contribution in [3.05, 3.63) is 12.2 Å². The molecule has 6 N–H and O–H groups in total. The maximum absolute atomic E-state index is 13.1. The number of aliphatic hydroxyl groups is 5. The van der Waals surface area contributed by atoms with Crippen molar-refractivity contribution in [1.82, 2.24) is 5.32 Å². The summed E-state index contributed by atoms with van der Waals surface area (Å²) in [4.78, 5) is 13.1. The van der Waals surface area contributed by atoms with Gasteiger partial charge >= 0.3 is 0 Å². The zero-order valence-corrected chi connectivity index (χ0v) is 51.3. The number of amides is 1. The quantitative estimate of drug-likeness (QED) is 0.0261. The van der Waals surface area contributed by atoms with Crippen LogP contribution in [0, 0.1) is 0 Å². The van der Waals surface area contributed by atoms with E-state index in [4.69, 9.17) is 9.47 Å². The molecule has 1 saturated heterocycles. The second-order valence-corrected chi connectivity index (χ2v) is 24.3. The number of rotatable bonds is 61. The van der Waals surface area contributed by atoms with E-state index in [1.165, 1.54) is 302 Å². The molecule has 0 aliphatic carbocycles. The molecule has 9 heteroatoms. The minimum Gasteiger partial charge on any atom is -0.394 e. The molecule has 1 rings (SSSR count). The molecule has 1 aliphatic rings. The van der Waals surface area contributed by atoms with Gasteiger partial charge in [0.05, 0.1) is 25.4 Å². The predicted octanol–water partition coefficient (Wildman–Crippen LogP) is 18.3. The van der Waals surface area contributed by atoms with Crippen LogP contribution in [0.3, 0.4) is 0 Å². The normalized spacial score (nSPS) is 18.7. The summed E-state index contributed by atoms with van der Waals surface area (Å²) >= 11 is 0. The van der Waals surface area contributed by atoms with Gasteiger partial charge in [0, 0.05) is 6.42 Å². The first-order valence-corrected chi connectivity index (χ1v) is 34.4. The van der Waals surface area contributed by atoms with E-state index < -0.39 is 49.5 Å². The molecule has 0 bridgehead atoms. The Hall–Kier alpha value is -1.07. The molecule has 1 fully saturated rings. The second kappa shape index (κ2) is 58.1. The number of hydrogen-bond acceptors (Lipinski definition) is 8. The molecule has 0 saturated carbocycles. The summed E-state index contributed by atoms with van der Waals surface area (Å²) in [7, 11) is 0. The Balaban J connectivity index is 2.13. The van der Waals surface area contributed by atoms with Gasteiger partial charge < -0.3 is 40.3 Å². The lowest BCUT2D eigenvalue weighted by Gasteiger charge is -2.40. The Bertz CT molecular complexity index is 1220. The molecule has 458 valence electrons. The third kappa shape index (κ3) is 47.2. The highest BCUT2D eigenvalue weighted by molar-refractivity contribution is 5.76. The van der Waals surface area contributed by atoms with Gasteiger partial charge in [0.1, 0.15) is 24.4 Å². The lowest BCUT2D eigenvalue weighted by molar-refractivity contribution is -0.302. The number of ether oxygens (including phenoxy) is 2. The minimum absolute atomic E-state index is 0.167. The largest absolute Gasteiger partial charge is 0.394 e. The molecule has 1 aliphatic heterocycles. The molecule has 77 heavy (non-hydrogen) atoms. The number of carbonyl (C=O) groups excluding carboxylic acids is 1. The molecule has 0 aromatic rings. The van der Waals surface area contributed by atoms with Gasteiger partial charge in [-0.2, -0.15) is 0 Å². The van der Waals surface area contributed by atoms with E-state index in [0.717, 1.165) is 38.5 Å². The van der Waals surface area contributed by atoms with Gasteiger partial charge in [0.2, 0.25) is 5.91 Å². The maximum Gasteiger partial charge on any atom is 0.220 e. The van der Waals surface area contributed by atoms with E-state index in [-0.39, 0.29) is 12.5 Å². The molecule has 0 spiro atoms. The third-order valence-electron chi connectivity index (χ3n) is 16.9. The van der Waals surface area contributed by atoms with Crippen LogP contribution in [0.25, 0.3) is 0 Å². The number of aliphatic hydroxyl groups excluding tert-OH is 5. The summed E-state index contributed by atoms with van der Waals surface area (Å²) in [5.41, 5.74) is 0. The minimum atomic E-state index is -1.56. The Kier molecular flexibility index (Phi) is 55.8. The highest BCUT2D eigenvalue weighted by Crippen LogP contribution is 2.24. The monoisotopic (exact) mass is 1090 g/mol. The van der Waals surface area contributed by atoms with Gasteiger partial charge in [0.25, 0.3) is 0 Å². The van der Waals surface area contributed by atoms with Gasteiger partial charge in [-0.1, -0.05) is 347 Å². The van der Waals surface area contributed by atoms with Crippen LogP contribution in [-0.4, -0.2) is 87.5 Å². The number of hydrogen-bond donors (Lipinski definition) is 6. The summed E-state index contributed by atoms with van der Waals surface area (Å²) in [6, 6.07) is -0.802. The van der Waals surface area contributed by atoms with Crippen molar-refractivity contribution in [2.45, 2.75) is 403 Å². The van der Waals surface area contributed by atoms with Crippen LogP contribution in [0.15, 0.2) is 12.2 Å². The SMILES string of the molecule is CCCCCCCCCCCCCCCCCCCCCCCCCCCCCC/C=C/C(O)C(COC1OC(CO)C(O)C(O)C1O)NC(=O)CCCCCCCCCCCCCCCCCCCCCCCCCC. The summed E-state index contributed by atoms with van der Waals surface area (Å²) in [5, 5.41) is 54.7. The lowest BCUT2D eigenvalue weighted by Crippen LogP contribution is -2.60. The molecule has 0 aromatic carbocycles. The summed E-state index contributed by atoms with van der Waals surface area (Å²) in [6.45, 7) is 3.84. The molecule has 1 heterocycles. The number of unbranched alkanes of at least 4 members (excludes halogenated alkanes) is 51. The Morgan fingerprint density at radius 1 is 0.429 bits per heavy atom. The van der Waals surface area contributed by atoms with Gasteiger partial charge in [-0.25, -0.2) is 0 Å². The van der Waals surface area contributed by atoms with Gasteiger partial charge in [-0.3, -0.25) is 4.79 Å². The predicted molar refractivity (Wildman–Crippen MR) is 327 cm³/mol. The van der Waals surface area contributed by atoms with Gasteiger partial charge in [-0.15, -0.1) is 0 Å². The highest BCUT2D eigenvalue weighted by atomic mass is 16.7. The Morgan fingerprint density at radius 3 is 1.01 bits per heavy atom. The smallest absolute Gasteiger partial charge is 0.220 e. The van der Waals surface area contributed by atoms with Gasteiger partial charge in [-0.05, 0) is 19.3 Å². The molecular weight excluding hydrogens is 959 g/mol. The summed E-state index contributed by atoms with van der Waals surface area (Å²) < 4.78 is 11.3. The van der Waals surface area contributed by atoms with E-state index in [2.05, 4.69) is 19.2 Å². The standard InChI is InChI=1S/C68H133NO8/c1-3-5-7-9-11-13-15-17-19-21-23-25-27-29-30-31-32-33-34-35-37-39-41-43-45-47-49-51-53-55-57-62(71)61(60-76-68-67(75)66(74)65(73)63(59-70)77-68)69-64(72)58-56-54-52-50-48-46-44-42-40-38-36-28-26-24-22-20-18-16-14-12-10-8-6-4-2/h55,57,61-63,65-68,70-71,73-75H,3-54,56,58-60H2,1-2H3,(H,69,72)/b57-55+. The zero-order chi connectivity index (χ0) is 55.8. The zero-order valence-electron chi connectivity index (χ0n) is 51.3. The van der Waals surface area contributed by atoms with Crippen molar-refractivity contribution in [3.63, 3.8) is 0 Å². The molecule has 0 aromatic heterocycles. The number of allylic oxidation sites excluding steroid dienone is 1. The third-order valence-corrected chi connectivity index (χ3v) is 16.9. The molecule has 0 radical (unpaired) electrons. The average molecular weight is 1090 g/mol. The van der Waals surface area contributed by atoms with Crippen molar-refractivity contribution in [1.29, 1.82) is 0 Å². The van der Waals surface area contributed by atoms with Crippen LogP contribution in [0.5, 0.6) is 0 Å². The van der Waals surface area contributed by atoms with Gasteiger partial charge in [0.15, 0.2) is 6.29 Å². The van der Waals surface area contributed by atoms with E-state index in [1.807, 2.05) is 6.08 Å². The molecule has 1 amide bonds. The van der Waals surface area contributed by atoms with Crippen LogP contribution < -0.4 is 5.32 Å². The first kappa shape index (κ1) is 73.9. The molecule has 7 atom stereocenters. The molecule has 7 unspecified atom stereocenters. The fourth-order valence-electron chi connectivity index (χ4n) is 11.5. The van der Waals surface area contributed by atoms with Crippen molar-refractivity contribution >= 4 is 5.91 Å². The van der Waals surface area contributed by atoms with E-state index in [9.17, 15) is 30.3 Å². The fourth-order valence-corrected chi connectivity index (χ4v) is 11.5. The fraction of sp³-hybridized carbons (Fsp3) is 0.956. The van der Waals surface area contributed by atoms with E-state index in [1.54, 1.807) is 6.08 Å². The van der Waals surface area contributed by atoms with Crippen molar-refractivity contribution in [2.75, 3.05) is 13.2 Å². The topological polar surface area (TPSA) is 149 Å². The van der Waals surface area contributed by atoms with Crippen molar-refractivity contribution in [3.8, 4) is 0 Å². The van der Waals surface area contributed by atoms with E-state index >= 15 is 0 Å². The second-order valence-electron chi connectivity index (χ2n) is 24.3. The number of nitrogens with one attached hydrogen (secondary N) is 1. The van der Waals surface area contributed by atoms with Crippen LogP contribution in [0.4, 0.5) is 0 Å². The maximum atomic E-state index is 13.1. The number of carbonyl (C=O) groups is 1. The highest BCUT2D eigenvalue weighted by Gasteiger charge is 2.44. The summed E-state index contributed by atoms with van der Waals surface area (Å²) in [6.07, 6.45) is 67.4. The first-order chi connectivity index (χ1) is 37.8.